The molecule has 3 amide bonds. The first kappa shape index (κ1) is 27.8. The van der Waals surface area contributed by atoms with Crippen LogP contribution in [0.5, 0.6) is 0 Å². The second-order valence-corrected chi connectivity index (χ2v) is 13.1. The van der Waals surface area contributed by atoms with Gasteiger partial charge >= 0.3 is 6.03 Å². The minimum Gasteiger partial charge on any atom is -0.380 e. The molecule has 1 aromatic heterocycles. The second kappa shape index (κ2) is 9.85. The molecule has 0 spiro atoms. The Morgan fingerprint density at radius 3 is 2.50 bits per heavy atom. The van der Waals surface area contributed by atoms with Crippen LogP contribution in [0.3, 0.4) is 0 Å². The standard InChI is InChI=1S/C27H37N5O5S/c1-8-37-16-18(2)29-23-13-19(11-12-28-23)15-30-25(34)32(24(33)27(30,5)6)20-9-10-21-22(14-20)31(38(7,35)36)17-26(21,3)4/h9-14,18H,8,15-17H2,1-7H3,(H,28,29)/t18-/m0/s1. The van der Waals surface area contributed by atoms with Gasteiger partial charge < -0.3 is 15.0 Å². The topological polar surface area (TPSA) is 112 Å². The number of imide groups is 1. The van der Waals surface area contributed by atoms with Crippen LogP contribution in [-0.4, -0.2) is 67.8 Å². The molecule has 2 aliphatic heterocycles. The van der Waals surface area contributed by atoms with Crippen molar-refractivity contribution in [2.24, 2.45) is 0 Å². The fraction of sp³-hybridized carbons (Fsp3) is 0.519. The molecule has 0 aliphatic carbocycles. The van der Waals surface area contributed by atoms with Gasteiger partial charge in [0, 0.05) is 37.4 Å². The Kier molecular flexibility index (Phi) is 7.22. The fourth-order valence-corrected chi connectivity index (χ4v) is 6.08. The van der Waals surface area contributed by atoms with E-state index in [0.29, 0.717) is 37.0 Å². The number of hydrogen-bond donors (Lipinski definition) is 1. The molecule has 1 saturated heterocycles. The highest BCUT2D eigenvalue weighted by molar-refractivity contribution is 7.92. The maximum absolute atomic E-state index is 13.7. The molecular weight excluding hydrogens is 506 g/mol. The molecule has 11 heteroatoms. The summed E-state index contributed by atoms with van der Waals surface area (Å²) in [5.41, 5.74) is 1.03. The third-order valence-electron chi connectivity index (χ3n) is 7.13. The van der Waals surface area contributed by atoms with Crippen LogP contribution in [0.4, 0.5) is 22.0 Å². The number of pyridine rings is 1. The Labute approximate surface area is 225 Å². The number of hydrogen-bond acceptors (Lipinski definition) is 7. The normalized spacial score (nSPS) is 19.2. The van der Waals surface area contributed by atoms with Gasteiger partial charge in [-0.1, -0.05) is 19.9 Å². The van der Waals surface area contributed by atoms with Gasteiger partial charge in [0.25, 0.3) is 5.91 Å². The van der Waals surface area contributed by atoms with Crippen molar-refractivity contribution in [1.82, 2.24) is 9.88 Å². The Morgan fingerprint density at radius 1 is 1.13 bits per heavy atom. The van der Waals surface area contributed by atoms with Crippen molar-refractivity contribution < 1.29 is 22.7 Å². The molecule has 1 atom stereocenters. The van der Waals surface area contributed by atoms with Crippen molar-refractivity contribution in [3.8, 4) is 0 Å². The number of urea groups is 1. The van der Waals surface area contributed by atoms with Crippen LogP contribution in [0.15, 0.2) is 36.5 Å². The van der Waals surface area contributed by atoms with Crippen molar-refractivity contribution in [1.29, 1.82) is 0 Å². The zero-order valence-electron chi connectivity index (χ0n) is 23.1. The van der Waals surface area contributed by atoms with E-state index in [-0.39, 0.29) is 18.5 Å². The largest absolute Gasteiger partial charge is 0.380 e. The predicted octanol–water partition coefficient (Wildman–Crippen LogP) is 3.72. The van der Waals surface area contributed by atoms with Crippen molar-refractivity contribution in [3.05, 3.63) is 47.7 Å². The summed E-state index contributed by atoms with van der Waals surface area (Å²) in [6.07, 6.45) is 2.83. The molecular formula is C27H37N5O5S. The monoisotopic (exact) mass is 543 g/mol. The molecule has 2 aliphatic rings. The number of amides is 3. The van der Waals surface area contributed by atoms with Gasteiger partial charge in [-0.25, -0.2) is 23.1 Å². The second-order valence-electron chi connectivity index (χ2n) is 11.2. The molecule has 3 heterocycles. The van der Waals surface area contributed by atoms with Gasteiger partial charge in [0.2, 0.25) is 10.0 Å². The first-order valence-corrected chi connectivity index (χ1v) is 14.6. The minimum atomic E-state index is -3.53. The molecule has 0 radical (unpaired) electrons. The first-order valence-electron chi connectivity index (χ1n) is 12.7. The van der Waals surface area contributed by atoms with E-state index in [1.54, 1.807) is 32.2 Å². The number of carbonyl (C=O) groups excluding carboxylic acids is 2. The number of anilines is 3. The Bertz CT molecular complexity index is 1360. The number of aromatic nitrogens is 1. The quantitative estimate of drug-likeness (QED) is 0.480. The molecule has 2 aromatic rings. The molecule has 38 heavy (non-hydrogen) atoms. The highest BCUT2D eigenvalue weighted by atomic mass is 32.2. The predicted molar refractivity (Wildman–Crippen MR) is 148 cm³/mol. The average molecular weight is 544 g/mol. The lowest BCUT2D eigenvalue weighted by atomic mass is 9.87. The number of nitrogens with zero attached hydrogens (tertiary/aromatic N) is 4. The summed E-state index contributed by atoms with van der Waals surface area (Å²) in [5.74, 6) is 0.285. The van der Waals surface area contributed by atoms with Crippen molar-refractivity contribution in [2.75, 3.05) is 40.5 Å². The van der Waals surface area contributed by atoms with Crippen LogP contribution in [0, 0.1) is 0 Å². The lowest BCUT2D eigenvalue weighted by Crippen LogP contribution is -2.43. The van der Waals surface area contributed by atoms with E-state index in [0.717, 1.165) is 22.3 Å². The summed E-state index contributed by atoms with van der Waals surface area (Å²) >= 11 is 0. The highest BCUT2D eigenvalue weighted by Crippen LogP contribution is 2.44. The summed E-state index contributed by atoms with van der Waals surface area (Å²) in [6, 6.07) is 8.44. The van der Waals surface area contributed by atoms with E-state index in [4.69, 9.17) is 4.74 Å². The van der Waals surface area contributed by atoms with E-state index in [9.17, 15) is 18.0 Å². The molecule has 0 saturated carbocycles. The number of ether oxygens (including phenoxy) is 1. The maximum Gasteiger partial charge on any atom is 0.332 e. The van der Waals surface area contributed by atoms with Gasteiger partial charge in [0.05, 0.1) is 24.2 Å². The van der Waals surface area contributed by atoms with Gasteiger partial charge in [0.1, 0.15) is 11.4 Å². The number of carbonyl (C=O) groups is 2. The molecule has 1 fully saturated rings. The van der Waals surface area contributed by atoms with Crippen LogP contribution in [0.1, 0.15) is 52.7 Å². The molecule has 0 unspecified atom stereocenters. The van der Waals surface area contributed by atoms with E-state index >= 15 is 0 Å². The summed E-state index contributed by atoms with van der Waals surface area (Å²) in [5, 5.41) is 3.29. The zero-order chi connectivity index (χ0) is 28.0. The molecule has 10 nitrogen and oxygen atoms in total. The van der Waals surface area contributed by atoms with Gasteiger partial charge in [0.15, 0.2) is 0 Å². The summed E-state index contributed by atoms with van der Waals surface area (Å²) < 4.78 is 31.8. The zero-order valence-corrected chi connectivity index (χ0v) is 23.9. The number of nitrogens with one attached hydrogen (secondary N) is 1. The van der Waals surface area contributed by atoms with Crippen LogP contribution >= 0.6 is 0 Å². The van der Waals surface area contributed by atoms with Gasteiger partial charge in [-0.05, 0) is 63.1 Å². The smallest absolute Gasteiger partial charge is 0.332 e. The van der Waals surface area contributed by atoms with Crippen LogP contribution < -0.4 is 14.5 Å². The molecule has 206 valence electrons. The van der Waals surface area contributed by atoms with E-state index in [1.165, 1.54) is 9.21 Å². The first-order chi connectivity index (χ1) is 17.7. The van der Waals surface area contributed by atoms with Crippen LogP contribution in [0.2, 0.25) is 0 Å². The molecule has 0 bridgehead atoms. The lowest BCUT2D eigenvalue weighted by Gasteiger charge is -2.28. The van der Waals surface area contributed by atoms with E-state index in [2.05, 4.69) is 10.3 Å². The van der Waals surface area contributed by atoms with E-state index < -0.39 is 27.0 Å². The SMILES string of the molecule is CCOC[C@H](C)Nc1cc(CN2C(=O)N(c3ccc4c(c3)N(S(C)(=O)=O)CC4(C)C)C(=O)C2(C)C)ccn1. The number of benzene rings is 1. The van der Waals surface area contributed by atoms with Crippen molar-refractivity contribution in [3.63, 3.8) is 0 Å². The maximum atomic E-state index is 13.7. The highest BCUT2D eigenvalue weighted by Gasteiger charge is 2.52. The minimum absolute atomic E-state index is 0.0518. The fourth-order valence-electron chi connectivity index (χ4n) is 5.01. The Hall–Kier alpha value is -3.18. The third kappa shape index (κ3) is 5.09. The Morgan fingerprint density at radius 2 is 1.84 bits per heavy atom. The van der Waals surface area contributed by atoms with Crippen LogP contribution in [-0.2, 0) is 31.5 Å². The molecule has 4 rings (SSSR count). The lowest BCUT2D eigenvalue weighted by molar-refractivity contribution is -0.123. The van der Waals surface area contributed by atoms with Gasteiger partial charge in [-0.2, -0.15) is 0 Å². The summed E-state index contributed by atoms with van der Waals surface area (Å²) in [7, 11) is -3.53. The van der Waals surface area contributed by atoms with Crippen molar-refractivity contribution >= 4 is 39.2 Å². The summed E-state index contributed by atoms with van der Waals surface area (Å²) in [6.45, 7) is 13.0. The molecule has 1 aromatic carbocycles. The van der Waals surface area contributed by atoms with Gasteiger partial charge in [-0.15, -0.1) is 0 Å². The average Bonchev–Trinajstić information content (AvgIpc) is 3.20. The van der Waals surface area contributed by atoms with E-state index in [1.807, 2.05) is 45.9 Å². The molecule has 1 N–H and O–H groups in total. The summed E-state index contributed by atoms with van der Waals surface area (Å²) in [4.78, 5) is 34.3. The van der Waals surface area contributed by atoms with Crippen molar-refractivity contribution in [2.45, 2.75) is 65.1 Å². The number of rotatable bonds is 9. The van der Waals surface area contributed by atoms with Gasteiger partial charge in [-0.3, -0.25) is 9.10 Å². The number of sulfonamides is 1. The third-order valence-corrected chi connectivity index (χ3v) is 8.26. The Balaban J connectivity index is 1.62. The number of fused-ring (bicyclic) bond motifs is 1. The van der Waals surface area contributed by atoms with Crippen LogP contribution in [0.25, 0.3) is 0 Å².